The lowest BCUT2D eigenvalue weighted by atomic mass is 10.1. The Morgan fingerprint density at radius 3 is 2.20 bits per heavy atom. The Morgan fingerprint density at radius 2 is 1.60 bits per heavy atom. The summed E-state index contributed by atoms with van der Waals surface area (Å²) in [4.78, 5) is 28.4. The number of para-hydroxylation sites is 2. The molecule has 1 aliphatic heterocycles. The van der Waals surface area contributed by atoms with Gasteiger partial charge in [0, 0.05) is 5.25 Å². The lowest BCUT2D eigenvalue weighted by Crippen LogP contribution is -2.31. The highest BCUT2D eigenvalue weighted by atomic mass is 32.2. The Balaban J connectivity index is 2.00. The normalized spacial score (nSPS) is 14.3. The van der Waals surface area contributed by atoms with Crippen molar-refractivity contribution in [2.45, 2.75) is 32.9 Å². The molecule has 0 bridgehead atoms. The topological polar surface area (TPSA) is 55.8 Å². The van der Waals surface area contributed by atoms with E-state index in [-0.39, 0.29) is 17.1 Å². The van der Waals surface area contributed by atoms with Crippen LogP contribution in [0.15, 0.2) is 53.4 Å². The molecule has 5 nitrogen and oxygen atoms in total. The van der Waals surface area contributed by atoms with Crippen LogP contribution in [0.5, 0.6) is 11.5 Å². The second-order valence-corrected chi connectivity index (χ2v) is 9.30. The summed E-state index contributed by atoms with van der Waals surface area (Å²) in [6.07, 6.45) is 0. The molecule has 3 rings (SSSR count). The fraction of sp³-hybridized carbons (Fsp3) is 0.333. The van der Waals surface area contributed by atoms with Crippen LogP contribution in [0.2, 0.25) is 0 Å². The lowest BCUT2D eigenvalue weighted by Gasteiger charge is -2.18. The molecule has 0 fully saturated rings. The number of benzene rings is 2. The molecule has 0 saturated carbocycles. The minimum atomic E-state index is -0.344. The Kier molecular flexibility index (Phi) is 6.87. The van der Waals surface area contributed by atoms with Gasteiger partial charge in [0.1, 0.15) is 11.5 Å². The van der Waals surface area contributed by atoms with E-state index >= 15 is 0 Å². The van der Waals surface area contributed by atoms with E-state index in [0.29, 0.717) is 40.0 Å². The number of carbonyl (C=O) groups excluding carboxylic acids is 2. The number of methoxy groups -OCH3 is 1. The van der Waals surface area contributed by atoms with Gasteiger partial charge in [-0.05, 0) is 35.7 Å². The first-order chi connectivity index (χ1) is 14.3. The second kappa shape index (κ2) is 9.39. The Bertz CT molecular complexity index is 963. The van der Waals surface area contributed by atoms with E-state index in [1.54, 1.807) is 24.3 Å². The van der Waals surface area contributed by atoms with E-state index in [2.05, 4.69) is 13.8 Å². The van der Waals surface area contributed by atoms with E-state index in [1.807, 2.05) is 38.1 Å². The van der Waals surface area contributed by atoms with Gasteiger partial charge in [0.05, 0.1) is 29.9 Å². The average molecular weight is 426 g/mol. The maximum absolute atomic E-state index is 13.4. The molecule has 0 aromatic heterocycles. The molecule has 0 atom stereocenters. The second-order valence-electron chi connectivity index (χ2n) is 7.72. The predicted molar refractivity (Wildman–Crippen MR) is 122 cm³/mol. The monoisotopic (exact) mass is 425 g/mol. The van der Waals surface area contributed by atoms with Gasteiger partial charge in [0.25, 0.3) is 11.8 Å². The molecule has 2 aromatic rings. The van der Waals surface area contributed by atoms with Crippen molar-refractivity contribution in [3.63, 3.8) is 0 Å². The average Bonchev–Trinajstić information content (AvgIpc) is 2.96. The zero-order chi connectivity index (χ0) is 21.8. The van der Waals surface area contributed by atoms with Crippen LogP contribution in [0, 0.1) is 5.92 Å². The van der Waals surface area contributed by atoms with Crippen LogP contribution >= 0.6 is 11.8 Å². The molecule has 0 saturated heterocycles. The standard InChI is InChI=1S/C24H27NO4S/c1-15(2)14-29-18-12-10-17(11-13-18)21-22(30-16(3)4)24(27)25(23(21)26)19-8-6-7-9-20(19)28-5/h6-13,15-16H,14H2,1-5H3. The number of ether oxygens (including phenoxy) is 2. The number of imide groups is 1. The largest absolute Gasteiger partial charge is 0.495 e. The summed E-state index contributed by atoms with van der Waals surface area (Å²) >= 11 is 1.40. The maximum atomic E-state index is 13.4. The molecule has 158 valence electrons. The fourth-order valence-corrected chi connectivity index (χ4v) is 4.11. The van der Waals surface area contributed by atoms with Crippen LogP contribution in [0.4, 0.5) is 5.69 Å². The zero-order valence-electron chi connectivity index (χ0n) is 18.0. The van der Waals surface area contributed by atoms with Crippen LogP contribution in [0.3, 0.4) is 0 Å². The molecule has 30 heavy (non-hydrogen) atoms. The molecule has 0 N–H and O–H groups in total. The highest BCUT2D eigenvalue weighted by Crippen LogP contribution is 2.42. The molecule has 2 amide bonds. The molecular weight excluding hydrogens is 398 g/mol. The van der Waals surface area contributed by atoms with Gasteiger partial charge in [-0.2, -0.15) is 0 Å². The molecule has 0 aliphatic carbocycles. The Labute approximate surface area is 182 Å². The third kappa shape index (κ3) is 4.54. The van der Waals surface area contributed by atoms with Gasteiger partial charge in [0.2, 0.25) is 0 Å². The van der Waals surface area contributed by atoms with E-state index < -0.39 is 0 Å². The number of nitrogens with zero attached hydrogens (tertiary/aromatic N) is 1. The Morgan fingerprint density at radius 1 is 0.933 bits per heavy atom. The van der Waals surface area contributed by atoms with Crippen molar-refractivity contribution in [2.24, 2.45) is 5.92 Å². The summed E-state index contributed by atoms with van der Waals surface area (Å²) in [5.74, 6) is 0.975. The number of anilines is 1. The highest BCUT2D eigenvalue weighted by molar-refractivity contribution is 8.04. The predicted octanol–water partition coefficient (Wildman–Crippen LogP) is 5.16. The molecule has 0 unspecified atom stereocenters. The van der Waals surface area contributed by atoms with E-state index in [1.165, 1.54) is 23.8 Å². The summed E-state index contributed by atoms with van der Waals surface area (Å²) in [6, 6.07) is 14.4. The Hall–Kier alpha value is -2.73. The fourth-order valence-electron chi connectivity index (χ4n) is 3.12. The zero-order valence-corrected chi connectivity index (χ0v) is 18.8. The van der Waals surface area contributed by atoms with E-state index in [9.17, 15) is 9.59 Å². The van der Waals surface area contributed by atoms with Crippen LogP contribution in [0.25, 0.3) is 5.57 Å². The van der Waals surface area contributed by atoms with Crippen molar-refractivity contribution in [1.29, 1.82) is 0 Å². The van der Waals surface area contributed by atoms with Crippen molar-refractivity contribution in [3.05, 3.63) is 59.0 Å². The number of rotatable bonds is 8. The minimum absolute atomic E-state index is 0.151. The number of thioether (sulfide) groups is 1. The molecule has 1 heterocycles. The van der Waals surface area contributed by atoms with Crippen LogP contribution < -0.4 is 14.4 Å². The minimum Gasteiger partial charge on any atom is -0.495 e. The van der Waals surface area contributed by atoms with Crippen molar-refractivity contribution in [2.75, 3.05) is 18.6 Å². The molecule has 2 aromatic carbocycles. The number of carbonyl (C=O) groups is 2. The third-order valence-corrected chi connectivity index (χ3v) is 5.53. The number of hydrogen-bond donors (Lipinski definition) is 0. The van der Waals surface area contributed by atoms with E-state index in [0.717, 1.165) is 5.75 Å². The van der Waals surface area contributed by atoms with Crippen LogP contribution in [-0.4, -0.2) is 30.8 Å². The van der Waals surface area contributed by atoms with Crippen molar-refractivity contribution >= 4 is 34.8 Å². The third-order valence-electron chi connectivity index (χ3n) is 4.45. The van der Waals surface area contributed by atoms with Crippen LogP contribution in [-0.2, 0) is 9.59 Å². The van der Waals surface area contributed by atoms with Gasteiger partial charge in [-0.15, -0.1) is 11.8 Å². The van der Waals surface area contributed by atoms with Gasteiger partial charge < -0.3 is 9.47 Å². The van der Waals surface area contributed by atoms with Gasteiger partial charge in [-0.3, -0.25) is 9.59 Å². The molecule has 0 spiro atoms. The molecule has 6 heteroatoms. The quantitative estimate of drug-likeness (QED) is 0.547. The first-order valence-corrected chi connectivity index (χ1v) is 10.9. The van der Waals surface area contributed by atoms with Gasteiger partial charge >= 0.3 is 0 Å². The summed E-state index contributed by atoms with van der Waals surface area (Å²) in [5.41, 5.74) is 1.56. The SMILES string of the molecule is COc1ccccc1N1C(=O)C(SC(C)C)=C(c2ccc(OCC(C)C)cc2)C1=O. The van der Waals surface area contributed by atoms with Crippen molar-refractivity contribution < 1.29 is 19.1 Å². The summed E-state index contributed by atoms with van der Waals surface area (Å²) in [5, 5.41) is 0.151. The first-order valence-electron chi connectivity index (χ1n) is 9.99. The van der Waals surface area contributed by atoms with Gasteiger partial charge in [-0.25, -0.2) is 4.90 Å². The van der Waals surface area contributed by atoms with E-state index in [4.69, 9.17) is 9.47 Å². The highest BCUT2D eigenvalue weighted by Gasteiger charge is 2.41. The first kappa shape index (κ1) is 22.0. The summed E-state index contributed by atoms with van der Waals surface area (Å²) < 4.78 is 11.1. The number of amides is 2. The molecule has 0 radical (unpaired) electrons. The lowest BCUT2D eigenvalue weighted by molar-refractivity contribution is -0.119. The maximum Gasteiger partial charge on any atom is 0.272 e. The van der Waals surface area contributed by atoms with Gasteiger partial charge in [0.15, 0.2) is 0 Å². The van der Waals surface area contributed by atoms with Crippen molar-refractivity contribution in [1.82, 2.24) is 0 Å². The molecule has 1 aliphatic rings. The van der Waals surface area contributed by atoms with Gasteiger partial charge in [-0.1, -0.05) is 52.0 Å². The summed E-state index contributed by atoms with van der Waals surface area (Å²) in [6.45, 7) is 8.80. The van der Waals surface area contributed by atoms with Crippen LogP contribution in [0.1, 0.15) is 33.3 Å². The smallest absolute Gasteiger partial charge is 0.272 e. The molecular formula is C24H27NO4S. The number of hydrogen-bond acceptors (Lipinski definition) is 5. The summed E-state index contributed by atoms with van der Waals surface area (Å²) in [7, 11) is 1.53. The van der Waals surface area contributed by atoms with Crippen molar-refractivity contribution in [3.8, 4) is 11.5 Å².